The number of rotatable bonds is 5. The van der Waals surface area contributed by atoms with E-state index in [4.69, 9.17) is 11.6 Å². The summed E-state index contributed by atoms with van der Waals surface area (Å²) in [5, 5.41) is 16.0. The molecule has 2 heterocycles. The second-order valence-corrected chi connectivity index (χ2v) is 6.17. The van der Waals surface area contributed by atoms with E-state index in [9.17, 15) is 5.11 Å². The van der Waals surface area contributed by atoms with Gasteiger partial charge in [0.15, 0.2) is 0 Å². The molecule has 1 atom stereocenters. The molecule has 3 nitrogen and oxygen atoms in total. The van der Waals surface area contributed by atoms with Gasteiger partial charge < -0.3 is 10.4 Å². The quantitative estimate of drug-likeness (QED) is 0.752. The van der Waals surface area contributed by atoms with Crippen LogP contribution in [0.3, 0.4) is 0 Å². The lowest BCUT2D eigenvalue weighted by Gasteiger charge is -2.13. The SMILES string of the molecule is OC(CNCc1cnc2ccsc2c1)c1ccccc1Cl. The lowest BCUT2D eigenvalue weighted by molar-refractivity contribution is 0.174. The van der Waals surface area contributed by atoms with Gasteiger partial charge in [-0.3, -0.25) is 4.98 Å². The highest BCUT2D eigenvalue weighted by Crippen LogP contribution is 2.22. The molecule has 1 unspecified atom stereocenters. The predicted molar refractivity (Wildman–Crippen MR) is 87.7 cm³/mol. The standard InChI is InChI=1S/C16H15ClN2OS/c17-13-4-2-1-3-12(13)15(20)10-18-8-11-7-16-14(19-9-11)5-6-21-16/h1-7,9,15,18,20H,8,10H2. The van der Waals surface area contributed by atoms with Gasteiger partial charge in [-0.25, -0.2) is 0 Å². The van der Waals surface area contributed by atoms with Crippen molar-refractivity contribution >= 4 is 33.2 Å². The van der Waals surface area contributed by atoms with Gasteiger partial charge in [0.25, 0.3) is 0 Å². The Balaban J connectivity index is 1.59. The molecule has 0 spiro atoms. The third kappa shape index (κ3) is 3.41. The molecule has 0 fully saturated rings. The summed E-state index contributed by atoms with van der Waals surface area (Å²) in [5.74, 6) is 0. The highest BCUT2D eigenvalue weighted by atomic mass is 35.5. The third-order valence-corrected chi connectivity index (χ3v) is 4.49. The van der Waals surface area contributed by atoms with Gasteiger partial charge in [0, 0.05) is 29.9 Å². The number of aromatic nitrogens is 1. The van der Waals surface area contributed by atoms with E-state index in [1.54, 1.807) is 17.4 Å². The first-order valence-electron chi connectivity index (χ1n) is 6.69. The molecular weight excluding hydrogens is 304 g/mol. The molecule has 3 rings (SSSR count). The Hall–Kier alpha value is -1.46. The van der Waals surface area contributed by atoms with Crippen molar-refractivity contribution in [2.24, 2.45) is 0 Å². The minimum Gasteiger partial charge on any atom is -0.387 e. The van der Waals surface area contributed by atoms with Crippen molar-refractivity contribution in [1.29, 1.82) is 0 Å². The van der Waals surface area contributed by atoms with Gasteiger partial charge in [0.1, 0.15) is 0 Å². The van der Waals surface area contributed by atoms with Crippen molar-refractivity contribution < 1.29 is 5.11 Å². The molecule has 0 amide bonds. The molecule has 21 heavy (non-hydrogen) atoms. The summed E-state index contributed by atoms with van der Waals surface area (Å²) >= 11 is 7.75. The Morgan fingerprint density at radius 2 is 2.14 bits per heavy atom. The molecule has 108 valence electrons. The lowest BCUT2D eigenvalue weighted by Crippen LogP contribution is -2.21. The summed E-state index contributed by atoms with van der Waals surface area (Å²) in [6.07, 6.45) is 1.25. The highest BCUT2D eigenvalue weighted by molar-refractivity contribution is 7.17. The topological polar surface area (TPSA) is 45.1 Å². The van der Waals surface area contributed by atoms with Crippen LogP contribution in [-0.4, -0.2) is 16.6 Å². The number of aliphatic hydroxyl groups excluding tert-OH is 1. The Kier molecular flexibility index (Phi) is 4.51. The summed E-state index contributed by atoms with van der Waals surface area (Å²) in [6, 6.07) is 11.5. The van der Waals surface area contributed by atoms with Gasteiger partial charge in [-0.1, -0.05) is 29.8 Å². The normalized spacial score (nSPS) is 12.7. The smallest absolute Gasteiger partial charge is 0.0928 e. The summed E-state index contributed by atoms with van der Waals surface area (Å²) in [7, 11) is 0. The van der Waals surface area contributed by atoms with E-state index >= 15 is 0 Å². The molecule has 0 aliphatic rings. The average molecular weight is 319 g/mol. The maximum Gasteiger partial charge on any atom is 0.0928 e. The predicted octanol–water partition coefficient (Wildman–Crippen LogP) is 3.77. The van der Waals surface area contributed by atoms with Gasteiger partial charge in [-0.2, -0.15) is 0 Å². The lowest BCUT2D eigenvalue weighted by atomic mass is 10.1. The number of fused-ring (bicyclic) bond motifs is 1. The Morgan fingerprint density at radius 1 is 1.29 bits per heavy atom. The second kappa shape index (κ2) is 6.54. The van der Waals surface area contributed by atoms with E-state index in [-0.39, 0.29) is 0 Å². The molecule has 2 aromatic heterocycles. The zero-order chi connectivity index (χ0) is 14.7. The second-order valence-electron chi connectivity index (χ2n) is 4.82. The van der Waals surface area contributed by atoms with Crippen molar-refractivity contribution in [3.8, 4) is 0 Å². The van der Waals surface area contributed by atoms with E-state index in [2.05, 4.69) is 16.4 Å². The maximum absolute atomic E-state index is 10.2. The third-order valence-electron chi connectivity index (χ3n) is 3.29. The summed E-state index contributed by atoms with van der Waals surface area (Å²) < 4.78 is 1.18. The monoisotopic (exact) mass is 318 g/mol. The van der Waals surface area contributed by atoms with Crippen molar-refractivity contribution in [2.75, 3.05) is 6.54 Å². The molecule has 0 saturated carbocycles. The number of hydrogen-bond donors (Lipinski definition) is 2. The molecule has 3 aromatic rings. The van der Waals surface area contributed by atoms with Gasteiger partial charge in [0.05, 0.1) is 16.3 Å². The molecule has 0 saturated heterocycles. The van der Waals surface area contributed by atoms with E-state index in [1.165, 1.54) is 4.70 Å². The van der Waals surface area contributed by atoms with Gasteiger partial charge in [-0.05, 0) is 29.1 Å². The number of nitrogens with one attached hydrogen (secondary N) is 1. The van der Waals surface area contributed by atoms with Crippen LogP contribution in [0.4, 0.5) is 0 Å². The molecule has 0 aliphatic heterocycles. The zero-order valence-corrected chi connectivity index (χ0v) is 12.9. The Bertz CT molecular complexity index is 744. The number of pyridine rings is 1. The molecule has 0 bridgehead atoms. The van der Waals surface area contributed by atoms with Crippen LogP contribution in [0.25, 0.3) is 10.2 Å². The average Bonchev–Trinajstić information content (AvgIpc) is 2.95. The first-order valence-corrected chi connectivity index (χ1v) is 7.95. The van der Waals surface area contributed by atoms with Crippen LogP contribution in [0.15, 0.2) is 48.0 Å². The van der Waals surface area contributed by atoms with Crippen LogP contribution in [0, 0.1) is 0 Å². The van der Waals surface area contributed by atoms with Crippen LogP contribution < -0.4 is 5.32 Å². The fourth-order valence-corrected chi connectivity index (χ4v) is 3.26. The van der Waals surface area contributed by atoms with E-state index < -0.39 is 6.10 Å². The number of halogens is 1. The summed E-state index contributed by atoms with van der Waals surface area (Å²) in [5.41, 5.74) is 2.88. The van der Waals surface area contributed by atoms with Gasteiger partial charge in [-0.15, -0.1) is 11.3 Å². The number of benzene rings is 1. The van der Waals surface area contributed by atoms with Gasteiger partial charge >= 0.3 is 0 Å². The molecular formula is C16H15ClN2OS. The van der Waals surface area contributed by atoms with Crippen molar-refractivity contribution in [3.63, 3.8) is 0 Å². The fraction of sp³-hybridized carbons (Fsp3) is 0.188. The number of hydrogen-bond acceptors (Lipinski definition) is 4. The first-order chi connectivity index (χ1) is 10.2. The minimum atomic E-state index is -0.614. The first kappa shape index (κ1) is 14.5. The summed E-state index contributed by atoms with van der Waals surface area (Å²) in [4.78, 5) is 4.40. The van der Waals surface area contributed by atoms with Crippen molar-refractivity contribution in [1.82, 2.24) is 10.3 Å². The Labute approximate surface area is 132 Å². The van der Waals surface area contributed by atoms with Crippen molar-refractivity contribution in [2.45, 2.75) is 12.6 Å². The molecule has 5 heteroatoms. The molecule has 1 aromatic carbocycles. The highest BCUT2D eigenvalue weighted by Gasteiger charge is 2.10. The number of nitrogens with zero attached hydrogens (tertiary/aromatic N) is 1. The van der Waals surface area contributed by atoms with Crippen molar-refractivity contribution in [3.05, 3.63) is 64.1 Å². The van der Waals surface area contributed by atoms with Crippen LogP contribution in [0.5, 0.6) is 0 Å². The van der Waals surface area contributed by atoms with Crippen LogP contribution in [0.1, 0.15) is 17.2 Å². The Morgan fingerprint density at radius 3 is 3.00 bits per heavy atom. The van der Waals surface area contributed by atoms with E-state index in [0.29, 0.717) is 18.1 Å². The number of aliphatic hydroxyl groups is 1. The van der Waals surface area contributed by atoms with Crippen LogP contribution in [0.2, 0.25) is 5.02 Å². The van der Waals surface area contributed by atoms with Crippen LogP contribution >= 0.6 is 22.9 Å². The maximum atomic E-state index is 10.2. The summed E-state index contributed by atoms with van der Waals surface area (Å²) in [6.45, 7) is 1.12. The molecule has 2 N–H and O–H groups in total. The molecule has 0 radical (unpaired) electrons. The van der Waals surface area contributed by atoms with E-state index in [0.717, 1.165) is 16.6 Å². The van der Waals surface area contributed by atoms with Crippen LogP contribution in [-0.2, 0) is 6.54 Å². The number of thiophene rings is 1. The molecule has 0 aliphatic carbocycles. The van der Waals surface area contributed by atoms with E-state index in [1.807, 2.05) is 35.8 Å². The van der Waals surface area contributed by atoms with Gasteiger partial charge in [0.2, 0.25) is 0 Å². The minimum absolute atomic E-state index is 0.451. The largest absolute Gasteiger partial charge is 0.387 e. The zero-order valence-electron chi connectivity index (χ0n) is 11.3. The fourth-order valence-electron chi connectivity index (χ4n) is 2.19.